The molecule has 1 amide bonds. The fourth-order valence-electron chi connectivity index (χ4n) is 3.33. The Balaban J connectivity index is 1.45. The van der Waals surface area contributed by atoms with Crippen molar-refractivity contribution in [3.8, 4) is 17.1 Å². The summed E-state index contributed by atoms with van der Waals surface area (Å²) in [4.78, 5) is 18.6. The van der Waals surface area contributed by atoms with Gasteiger partial charge in [0.1, 0.15) is 11.6 Å². The van der Waals surface area contributed by atoms with E-state index in [1.165, 1.54) is 12.1 Å². The predicted octanol–water partition coefficient (Wildman–Crippen LogP) is 3.79. The van der Waals surface area contributed by atoms with E-state index in [0.29, 0.717) is 43.4 Å². The number of likely N-dealkylation sites (tertiary alicyclic amines) is 1. The molecule has 3 aromatic rings. The van der Waals surface area contributed by atoms with Crippen molar-refractivity contribution in [1.29, 1.82) is 0 Å². The molecule has 4 rings (SSSR count). The molecule has 28 heavy (non-hydrogen) atoms. The molecule has 0 bridgehead atoms. The van der Waals surface area contributed by atoms with Gasteiger partial charge in [-0.05, 0) is 48.9 Å². The maximum absolute atomic E-state index is 13.1. The quantitative estimate of drug-likeness (QED) is 0.650. The molecule has 0 N–H and O–H groups in total. The minimum atomic E-state index is -0.321. The number of halogens is 1. The smallest absolute Gasteiger partial charge is 0.232 e. The first-order chi connectivity index (χ1) is 13.6. The highest BCUT2D eigenvalue weighted by molar-refractivity contribution is 5.79. The van der Waals surface area contributed by atoms with Crippen molar-refractivity contribution in [3.63, 3.8) is 0 Å². The van der Waals surface area contributed by atoms with Gasteiger partial charge in [0.15, 0.2) is 0 Å². The first-order valence-corrected chi connectivity index (χ1v) is 9.21. The molecule has 2 aromatic carbocycles. The van der Waals surface area contributed by atoms with Crippen molar-refractivity contribution >= 4 is 5.91 Å². The highest BCUT2D eigenvalue weighted by atomic mass is 19.1. The van der Waals surface area contributed by atoms with Gasteiger partial charge in [0.25, 0.3) is 0 Å². The van der Waals surface area contributed by atoms with Gasteiger partial charge in [0, 0.05) is 25.1 Å². The van der Waals surface area contributed by atoms with Gasteiger partial charge in [-0.1, -0.05) is 17.3 Å². The van der Waals surface area contributed by atoms with Gasteiger partial charge in [0.05, 0.1) is 12.5 Å². The van der Waals surface area contributed by atoms with Gasteiger partial charge in [0.2, 0.25) is 17.6 Å². The third kappa shape index (κ3) is 3.88. The number of amides is 1. The number of carbonyl (C=O) groups excluding carboxylic acids is 1. The zero-order chi connectivity index (χ0) is 19.5. The van der Waals surface area contributed by atoms with Gasteiger partial charge in [-0.2, -0.15) is 4.98 Å². The molecule has 1 aromatic heterocycles. The van der Waals surface area contributed by atoms with Crippen LogP contribution in [0.5, 0.6) is 5.75 Å². The van der Waals surface area contributed by atoms with Crippen molar-refractivity contribution < 1.29 is 18.4 Å². The molecule has 1 saturated heterocycles. The van der Waals surface area contributed by atoms with E-state index in [2.05, 4.69) is 10.1 Å². The molecule has 0 radical (unpaired) electrons. The van der Waals surface area contributed by atoms with E-state index < -0.39 is 0 Å². The monoisotopic (exact) mass is 381 g/mol. The molecule has 144 valence electrons. The van der Waals surface area contributed by atoms with Gasteiger partial charge in [-0.3, -0.25) is 4.79 Å². The maximum atomic E-state index is 13.1. The van der Waals surface area contributed by atoms with Crippen molar-refractivity contribution in [2.24, 2.45) is 0 Å². The molecule has 0 spiro atoms. The van der Waals surface area contributed by atoms with Crippen LogP contribution in [0.2, 0.25) is 0 Å². The summed E-state index contributed by atoms with van der Waals surface area (Å²) in [5.74, 6) is 1.20. The molecule has 1 aliphatic rings. The summed E-state index contributed by atoms with van der Waals surface area (Å²) in [5.41, 5.74) is 1.68. The van der Waals surface area contributed by atoms with Crippen LogP contribution in [0.15, 0.2) is 53.1 Å². The Hall–Kier alpha value is -3.22. The SMILES string of the molecule is CCOc1cccc(CN2CC(c3nc(-c4ccc(F)cc4)no3)CC2=O)c1. The van der Waals surface area contributed by atoms with Crippen LogP contribution in [-0.2, 0) is 11.3 Å². The van der Waals surface area contributed by atoms with Gasteiger partial charge in [-0.25, -0.2) is 4.39 Å². The van der Waals surface area contributed by atoms with Crippen LogP contribution < -0.4 is 4.74 Å². The average molecular weight is 381 g/mol. The van der Waals surface area contributed by atoms with E-state index in [9.17, 15) is 9.18 Å². The van der Waals surface area contributed by atoms with Crippen LogP contribution in [0.1, 0.15) is 30.7 Å². The number of hydrogen-bond donors (Lipinski definition) is 0. The molecule has 7 heteroatoms. The van der Waals surface area contributed by atoms with Crippen LogP contribution in [0, 0.1) is 5.82 Å². The summed E-state index contributed by atoms with van der Waals surface area (Å²) in [6.07, 6.45) is 0.330. The van der Waals surface area contributed by atoms with E-state index in [1.807, 2.05) is 31.2 Å². The third-order valence-corrected chi connectivity index (χ3v) is 4.69. The zero-order valence-corrected chi connectivity index (χ0v) is 15.5. The number of nitrogens with zero attached hydrogens (tertiary/aromatic N) is 3. The number of hydrogen-bond acceptors (Lipinski definition) is 5. The van der Waals surface area contributed by atoms with Crippen LogP contribution in [-0.4, -0.2) is 34.1 Å². The van der Waals surface area contributed by atoms with Crippen molar-refractivity contribution in [1.82, 2.24) is 15.0 Å². The van der Waals surface area contributed by atoms with Crippen molar-refractivity contribution in [2.75, 3.05) is 13.2 Å². The minimum Gasteiger partial charge on any atom is -0.494 e. The van der Waals surface area contributed by atoms with Gasteiger partial charge >= 0.3 is 0 Å². The fraction of sp³-hybridized carbons (Fsp3) is 0.286. The molecular formula is C21H20FN3O3. The number of aromatic nitrogens is 2. The van der Waals surface area contributed by atoms with Gasteiger partial charge in [-0.15, -0.1) is 0 Å². The highest BCUT2D eigenvalue weighted by Crippen LogP contribution is 2.30. The lowest BCUT2D eigenvalue weighted by atomic mass is 10.1. The normalized spacial score (nSPS) is 16.6. The summed E-state index contributed by atoms with van der Waals surface area (Å²) >= 11 is 0. The maximum Gasteiger partial charge on any atom is 0.232 e. The molecular weight excluding hydrogens is 361 g/mol. The number of carbonyl (C=O) groups is 1. The van der Waals surface area contributed by atoms with E-state index in [1.54, 1.807) is 17.0 Å². The van der Waals surface area contributed by atoms with Crippen LogP contribution in [0.25, 0.3) is 11.4 Å². The molecule has 6 nitrogen and oxygen atoms in total. The Morgan fingerprint density at radius 1 is 1.25 bits per heavy atom. The zero-order valence-electron chi connectivity index (χ0n) is 15.5. The van der Waals surface area contributed by atoms with E-state index in [-0.39, 0.29) is 17.6 Å². The molecule has 1 aliphatic heterocycles. The third-order valence-electron chi connectivity index (χ3n) is 4.69. The van der Waals surface area contributed by atoms with Crippen LogP contribution in [0.4, 0.5) is 4.39 Å². The van der Waals surface area contributed by atoms with Crippen molar-refractivity contribution in [3.05, 3.63) is 65.8 Å². The largest absolute Gasteiger partial charge is 0.494 e. The average Bonchev–Trinajstić information content (AvgIpc) is 3.31. The summed E-state index contributed by atoms with van der Waals surface area (Å²) in [5, 5.41) is 3.97. The van der Waals surface area contributed by atoms with Crippen LogP contribution >= 0.6 is 0 Å². The number of benzene rings is 2. The van der Waals surface area contributed by atoms with E-state index >= 15 is 0 Å². The molecule has 2 heterocycles. The predicted molar refractivity (Wildman–Crippen MR) is 100 cm³/mol. The van der Waals surface area contributed by atoms with Crippen LogP contribution in [0.3, 0.4) is 0 Å². The first kappa shape index (κ1) is 18.2. The lowest BCUT2D eigenvalue weighted by Gasteiger charge is -2.16. The van der Waals surface area contributed by atoms with Gasteiger partial charge < -0.3 is 14.2 Å². The lowest BCUT2D eigenvalue weighted by Crippen LogP contribution is -2.24. The molecule has 0 aliphatic carbocycles. The Kier molecular flexibility index (Phi) is 5.06. The molecule has 1 fully saturated rings. The fourth-order valence-corrected chi connectivity index (χ4v) is 3.33. The molecule has 1 atom stereocenters. The minimum absolute atomic E-state index is 0.0494. The Morgan fingerprint density at radius 3 is 2.86 bits per heavy atom. The number of rotatable bonds is 6. The standard InChI is InChI=1S/C21H20FN3O3/c1-2-27-18-5-3-4-14(10-18)12-25-13-16(11-19(25)26)21-23-20(24-28-21)15-6-8-17(22)9-7-15/h3-10,16H,2,11-13H2,1H3. The second-order valence-corrected chi connectivity index (χ2v) is 6.72. The highest BCUT2D eigenvalue weighted by Gasteiger charge is 2.34. The Morgan fingerprint density at radius 2 is 2.07 bits per heavy atom. The summed E-state index contributed by atoms with van der Waals surface area (Å²) in [6.45, 7) is 3.56. The van der Waals surface area contributed by atoms with Crippen molar-refractivity contribution in [2.45, 2.75) is 25.8 Å². The van der Waals surface area contributed by atoms with E-state index in [4.69, 9.17) is 9.26 Å². The Bertz CT molecular complexity index is 971. The lowest BCUT2D eigenvalue weighted by molar-refractivity contribution is -0.128. The first-order valence-electron chi connectivity index (χ1n) is 9.21. The Labute approximate surface area is 161 Å². The topological polar surface area (TPSA) is 68.5 Å². The summed E-state index contributed by atoms with van der Waals surface area (Å²) in [6, 6.07) is 13.6. The number of ether oxygens (including phenoxy) is 1. The van der Waals surface area contributed by atoms with E-state index in [0.717, 1.165) is 11.3 Å². The second-order valence-electron chi connectivity index (χ2n) is 6.72. The molecule has 0 saturated carbocycles. The summed E-state index contributed by atoms with van der Waals surface area (Å²) < 4.78 is 24.0. The second kappa shape index (κ2) is 7.80. The summed E-state index contributed by atoms with van der Waals surface area (Å²) in [7, 11) is 0. The molecule has 1 unspecified atom stereocenters.